The van der Waals surface area contributed by atoms with E-state index >= 15 is 0 Å². The van der Waals surface area contributed by atoms with E-state index in [2.05, 4.69) is 30.7 Å². The third-order valence-electron chi connectivity index (χ3n) is 7.76. The second-order valence-electron chi connectivity index (χ2n) is 10.4. The van der Waals surface area contributed by atoms with Crippen LogP contribution in [0.15, 0.2) is 54.6 Å². The Kier molecular flexibility index (Phi) is 9.15. The van der Waals surface area contributed by atoms with E-state index in [0.717, 1.165) is 48.6 Å². The summed E-state index contributed by atoms with van der Waals surface area (Å²) in [5, 5.41) is 0. The van der Waals surface area contributed by atoms with E-state index in [-0.39, 0.29) is 24.1 Å². The summed E-state index contributed by atoms with van der Waals surface area (Å²) in [4.78, 5) is 15.6. The molecule has 6 heteroatoms. The molecule has 2 aliphatic rings. The summed E-state index contributed by atoms with van der Waals surface area (Å²) in [7, 11) is -1.14. The van der Waals surface area contributed by atoms with Gasteiger partial charge < -0.3 is 9.64 Å². The summed E-state index contributed by atoms with van der Waals surface area (Å²) in [6, 6.07) is 17.9. The Labute approximate surface area is 213 Å². The van der Waals surface area contributed by atoms with Gasteiger partial charge in [0.15, 0.2) is 0 Å². The zero-order valence-electron chi connectivity index (χ0n) is 21.3. The van der Waals surface area contributed by atoms with Crippen LogP contribution >= 0.6 is 0 Å². The lowest BCUT2D eigenvalue weighted by atomic mass is 9.80. The molecule has 5 nitrogen and oxygen atoms in total. The van der Waals surface area contributed by atoms with Gasteiger partial charge in [-0.05, 0) is 73.6 Å². The van der Waals surface area contributed by atoms with Gasteiger partial charge in [0.25, 0.3) is 5.91 Å². The van der Waals surface area contributed by atoms with Gasteiger partial charge in [0.1, 0.15) is 0 Å². The van der Waals surface area contributed by atoms with Crippen LogP contribution in [0.25, 0.3) is 11.1 Å². The fraction of sp³-hybridized carbons (Fsp3) is 0.552. The van der Waals surface area contributed by atoms with Gasteiger partial charge in [-0.1, -0.05) is 56.3 Å². The van der Waals surface area contributed by atoms with Crippen molar-refractivity contribution in [2.24, 2.45) is 11.8 Å². The van der Waals surface area contributed by atoms with Gasteiger partial charge in [-0.25, -0.2) is 8.93 Å². The first kappa shape index (κ1) is 26.1. The normalized spacial score (nSPS) is 26.0. The van der Waals surface area contributed by atoms with Crippen molar-refractivity contribution in [1.29, 1.82) is 0 Å². The van der Waals surface area contributed by atoms with Gasteiger partial charge >= 0.3 is 0 Å². The van der Waals surface area contributed by atoms with Gasteiger partial charge in [0.05, 0.1) is 29.7 Å². The predicted octanol–water partition coefficient (Wildman–Crippen LogP) is 5.44. The summed E-state index contributed by atoms with van der Waals surface area (Å²) >= 11 is 0. The van der Waals surface area contributed by atoms with Crippen LogP contribution in [0.3, 0.4) is 0 Å². The number of ether oxygens (including phenoxy) is 1. The Morgan fingerprint density at radius 2 is 1.66 bits per heavy atom. The quantitative estimate of drug-likeness (QED) is 0.529. The van der Waals surface area contributed by atoms with Crippen LogP contribution in [0, 0.1) is 11.8 Å². The average Bonchev–Trinajstić information content (AvgIpc) is 2.88. The van der Waals surface area contributed by atoms with Crippen molar-refractivity contribution < 1.29 is 13.7 Å². The van der Waals surface area contributed by atoms with Crippen molar-refractivity contribution in [2.75, 3.05) is 19.4 Å². The third-order valence-corrected chi connectivity index (χ3v) is 8.40. The molecule has 2 aromatic rings. The predicted molar refractivity (Wildman–Crippen MR) is 143 cm³/mol. The maximum atomic E-state index is 13.6. The highest BCUT2D eigenvalue weighted by molar-refractivity contribution is 7.82. The fourth-order valence-electron chi connectivity index (χ4n) is 5.62. The first-order chi connectivity index (χ1) is 16.9. The van der Waals surface area contributed by atoms with Crippen LogP contribution in [-0.4, -0.2) is 52.6 Å². The zero-order chi connectivity index (χ0) is 24.8. The highest BCUT2D eigenvalue weighted by Crippen LogP contribution is 2.32. The summed E-state index contributed by atoms with van der Waals surface area (Å²) in [6.07, 6.45) is 8.29. The fourth-order valence-corrected chi connectivity index (χ4v) is 6.33. The lowest BCUT2D eigenvalue weighted by Crippen LogP contribution is -2.58. The number of benzene rings is 2. The first-order valence-electron chi connectivity index (χ1n) is 13.1. The lowest BCUT2D eigenvalue weighted by Gasteiger charge is -2.42. The zero-order valence-corrected chi connectivity index (χ0v) is 22.1. The Balaban J connectivity index is 1.45. The number of hydrogen-bond donors (Lipinski definition) is 1. The number of hydrogen-bond acceptors (Lipinski definition) is 3. The van der Waals surface area contributed by atoms with Crippen LogP contribution in [0.4, 0.5) is 0 Å². The summed E-state index contributed by atoms with van der Waals surface area (Å²) in [5.74, 6) is 1.54. The molecule has 0 aromatic heterocycles. The molecule has 3 atom stereocenters. The topological polar surface area (TPSA) is 58.6 Å². The number of amides is 1. The molecule has 4 rings (SSSR count). The number of carbonyl (C=O) groups is 1. The van der Waals surface area contributed by atoms with Crippen LogP contribution in [0.1, 0.15) is 62.7 Å². The van der Waals surface area contributed by atoms with Crippen molar-refractivity contribution in [3.05, 3.63) is 60.2 Å². The number of nitrogens with one attached hydrogen (secondary N) is 1. The van der Waals surface area contributed by atoms with Crippen LogP contribution in [-0.2, 0) is 15.7 Å². The molecule has 0 radical (unpaired) electrons. The van der Waals surface area contributed by atoms with E-state index in [1.165, 1.54) is 12.8 Å². The molecule has 0 spiro atoms. The van der Waals surface area contributed by atoms with Gasteiger partial charge in [-0.3, -0.25) is 4.79 Å². The molecule has 1 saturated carbocycles. The maximum absolute atomic E-state index is 13.6. The molecule has 35 heavy (non-hydrogen) atoms. The number of piperidine rings is 1. The second kappa shape index (κ2) is 12.3. The van der Waals surface area contributed by atoms with E-state index < -0.39 is 11.0 Å². The minimum absolute atomic E-state index is 0.0233. The molecule has 1 aliphatic carbocycles. The van der Waals surface area contributed by atoms with Crippen LogP contribution in [0.2, 0.25) is 0 Å². The van der Waals surface area contributed by atoms with Gasteiger partial charge in [0.2, 0.25) is 0 Å². The number of carbonyl (C=O) groups excluding carboxylic acids is 1. The molecule has 3 unspecified atom stereocenters. The Morgan fingerprint density at radius 1 is 1.00 bits per heavy atom. The molecule has 1 saturated heterocycles. The summed E-state index contributed by atoms with van der Waals surface area (Å²) in [5.41, 5.74) is 2.92. The molecule has 1 N–H and O–H groups in total. The second-order valence-corrected chi connectivity index (χ2v) is 11.6. The van der Waals surface area contributed by atoms with E-state index in [4.69, 9.17) is 4.74 Å². The summed E-state index contributed by atoms with van der Waals surface area (Å²) < 4.78 is 21.7. The van der Waals surface area contributed by atoms with Crippen molar-refractivity contribution in [2.45, 2.75) is 70.6 Å². The van der Waals surface area contributed by atoms with Gasteiger partial charge in [0, 0.05) is 24.4 Å². The Hall–Kier alpha value is -2.02. The lowest BCUT2D eigenvalue weighted by molar-refractivity contribution is -0.0281. The number of likely N-dealkylation sites (tertiary alicyclic amines) is 1. The van der Waals surface area contributed by atoms with Crippen LogP contribution in [0.5, 0.6) is 0 Å². The van der Waals surface area contributed by atoms with Crippen molar-refractivity contribution in [1.82, 2.24) is 9.62 Å². The summed E-state index contributed by atoms with van der Waals surface area (Å²) in [6.45, 7) is 5.80. The standard InChI is InChI=1S/C29H40N2O3S/c1-21(2)22-15-17-26(18-16-22)34-20-28-27(30-35(3)33)10-7-19-31(28)29(32)25-13-11-24(12-14-25)23-8-5-4-6-9-23/h4-6,8-9,11-14,21-22,26-28,30H,7,10,15-20H2,1-3H3. The monoisotopic (exact) mass is 496 g/mol. The first-order valence-corrected chi connectivity index (χ1v) is 14.7. The molecular weight excluding hydrogens is 456 g/mol. The molecule has 190 valence electrons. The van der Waals surface area contributed by atoms with Gasteiger partial charge in [-0.15, -0.1) is 0 Å². The van der Waals surface area contributed by atoms with Crippen molar-refractivity contribution >= 4 is 16.9 Å². The van der Waals surface area contributed by atoms with E-state index in [1.807, 2.05) is 47.4 Å². The van der Waals surface area contributed by atoms with Crippen LogP contribution < -0.4 is 4.72 Å². The largest absolute Gasteiger partial charge is 0.376 e. The smallest absolute Gasteiger partial charge is 0.254 e. The van der Waals surface area contributed by atoms with E-state index in [0.29, 0.717) is 18.7 Å². The molecule has 1 heterocycles. The Morgan fingerprint density at radius 3 is 2.29 bits per heavy atom. The number of rotatable bonds is 8. The average molecular weight is 497 g/mol. The van der Waals surface area contributed by atoms with Gasteiger partial charge in [-0.2, -0.15) is 0 Å². The molecule has 0 bridgehead atoms. The number of nitrogens with zero attached hydrogens (tertiary/aromatic N) is 1. The molecule has 2 aromatic carbocycles. The third kappa shape index (κ3) is 6.81. The molecule has 1 aliphatic heterocycles. The minimum Gasteiger partial charge on any atom is -0.376 e. The molecular formula is C29H40N2O3S. The van der Waals surface area contributed by atoms with Crippen molar-refractivity contribution in [3.63, 3.8) is 0 Å². The molecule has 2 fully saturated rings. The molecule has 1 amide bonds. The SMILES string of the molecule is CC(C)C1CCC(OCC2C(NS(C)=O)CCCN2C(=O)c2ccc(-c3ccccc3)cc2)CC1. The highest BCUT2D eigenvalue weighted by Gasteiger charge is 2.36. The maximum Gasteiger partial charge on any atom is 0.254 e. The van der Waals surface area contributed by atoms with E-state index in [9.17, 15) is 9.00 Å². The highest BCUT2D eigenvalue weighted by atomic mass is 32.2. The van der Waals surface area contributed by atoms with Crippen molar-refractivity contribution in [3.8, 4) is 11.1 Å². The minimum atomic E-state index is -1.14. The van der Waals surface area contributed by atoms with E-state index in [1.54, 1.807) is 6.26 Å². The Bertz CT molecular complexity index is 971.